The van der Waals surface area contributed by atoms with Gasteiger partial charge in [0, 0.05) is 19.2 Å². The van der Waals surface area contributed by atoms with Gasteiger partial charge in [0.05, 0.1) is 6.07 Å². The lowest BCUT2D eigenvalue weighted by molar-refractivity contribution is -0.121. The van der Waals surface area contributed by atoms with Crippen LogP contribution in [0.3, 0.4) is 0 Å². The molecule has 0 bridgehead atoms. The number of carbonyl (C=O) groups is 1. The number of hydrogen-bond donors (Lipinski definition) is 1. The Labute approximate surface area is 129 Å². The van der Waals surface area contributed by atoms with Gasteiger partial charge < -0.3 is 9.88 Å². The number of carbonyl (C=O) groups excluding carboxylic acids is 1. The number of nitriles is 1. The second kappa shape index (κ2) is 7.36. The summed E-state index contributed by atoms with van der Waals surface area (Å²) in [5, 5.41) is 20.2. The molecule has 2 aromatic rings. The second-order valence-corrected chi connectivity index (χ2v) is 5.01. The third-order valence-electron chi connectivity index (χ3n) is 3.42. The summed E-state index contributed by atoms with van der Waals surface area (Å²) in [6, 6.07) is 11.6. The van der Waals surface area contributed by atoms with Gasteiger partial charge in [-0.25, -0.2) is 0 Å². The molecule has 1 atom stereocenters. The van der Waals surface area contributed by atoms with Gasteiger partial charge in [0.1, 0.15) is 0 Å². The Morgan fingerprint density at radius 2 is 2.09 bits per heavy atom. The zero-order chi connectivity index (χ0) is 15.9. The first-order valence-corrected chi connectivity index (χ1v) is 7.31. The SMILES string of the molecule is CCCCNC(=O)[C@H](C#N)c1nnc(-c2ccccc2)n1C. The molecule has 0 aliphatic carbocycles. The van der Waals surface area contributed by atoms with E-state index in [1.54, 1.807) is 11.6 Å². The molecule has 0 unspecified atom stereocenters. The highest BCUT2D eigenvalue weighted by atomic mass is 16.1. The minimum Gasteiger partial charge on any atom is -0.355 e. The fraction of sp³-hybridized carbons (Fsp3) is 0.375. The molecule has 1 amide bonds. The van der Waals surface area contributed by atoms with Gasteiger partial charge in [-0.05, 0) is 6.42 Å². The van der Waals surface area contributed by atoms with Crippen LogP contribution in [0.15, 0.2) is 30.3 Å². The Balaban J connectivity index is 2.23. The molecule has 0 saturated carbocycles. The predicted molar refractivity (Wildman–Crippen MR) is 82.7 cm³/mol. The molecule has 0 aliphatic heterocycles. The lowest BCUT2D eigenvalue weighted by Crippen LogP contribution is -2.30. The summed E-state index contributed by atoms with van der Waals surface area (Å²) in [5.41, 5.74) is 0.895. The van der Waals surface area contributed by atoms with Crippen LogP contribution in [0.2, 0.25) is 0 Å². The van der Waals surface area contributed by atoms with Crippen LogP contribution >= 0.6 is 0 Å². The Kier molecular flexibility index (Phi) is 5.26. The highest BCUT2D eigenvalue weighted by Crippen LogP contribution is 2.20. The van der Waals surface area contributed by atoms with Crippen LogP contribution in [-0.2, 0) is 11.8 Å². The lowest BCUT2D eigenvalue weighted by atomic mass is 10.1. The summed E-state index contributed by atoms with van der Waals surface area (Å²) >= 11 is 0. The van der Waals surface area contributed by atoms with Crippen molar-refractivity contribution in [2.45, 2.75) is 25.7 Å². The van der Waals surface area contributed by atoms with E-state index in [1.165, 1.54) is 0 Å². The minimum atomic E-state index is -0.952. The van der Waals surface area contributed by atoms with Gasteiger partial charge in [0.2, 0.25) is 5.91 Å². The van der Waals surface area contributed by atoms with Crippen molar-refractivity contribution >= 4 is 5.91 Å². The van der Waals surface area contributed by atoms with E-state index in [-0.39, 0.29) is 5.91 Å². The van der Waals surface area contributed by atoms with Crippen LogP contribution in [0.1, 0.15) is 31.5 Å². The highest BCUT2D eigenvalue weighted by molar-refractivity contribution is 5.85. The Bertz CT molecular complexity index is 672. The molecule has 1 heterocycles. The maximum Gasteiger partial charge on any atom is 0.245 e. The summed E-state index contributed by atoms with van der Waals surface area (Å²) in [4.78, 5) is 12.1. The van der Waals surface area contributed by atoms with E-state index in [1.807, 2.05) is 43.3 Å². The molecule has 114 valence electrons. The largest absolute Gasteiger partial charge is 0.355 e. The molecule has 0 spiro atoms. The topological polar surface area (TPSA) is 83.6 Å². The molecule has 6 nitrogen and oxygen atoms in total. The number of aromatic nitrogens is 3. The van der Waals surface area contributed by atoms with E-state index in [0.29, 0.717) is 18.2 Å². The molecule has 0 aliphatic rings. The molecule has 0 saturated heterocycles. The Morgan fingerprint density at radius 3 is 2.73 bits per heavy atom. The first-order chi connectivity index (χ1) is 10.7. The van der Waals surface area contributed by atoms with Gasteiger partial charge >= 0.3 is 0 Å². The molecular formula is C16H19N5O. The van der Waals surface area contributed by atoms with Gasteiger partial charge in [-0.3, -0.25) is 4.79 Å². The van der Waals surface area contributed by atoms with Gasteiger partial charge in [-0.15, -0.1) is 10.2 Å². The molecule has 1 aromatic heterocycles. The van der Waals surface area contributed by atoms with Crippen LogP contribution in [0.4, 0.5) is 0 Å². The van der Waals surface area contributed by atoms with Crippen molar-refractivity contribution in [1.82, 2.24) is 20.1 Å². The molecule has 0 radical (unpaired) electrons. The van der Waals surface area contributed by atoms with Crippen LogP contribution in [-0.4, -0.2) is 27.2 Å². The van der Waals surface area contributed by atoms with Gasteiger partial charge in [0.15, 0.2) is 17.6 Å². The number of hydrogen-bond acceptors (Lipinski definition) is 4. The van der Waals surface area contributed by atoms with Crippen LogP contribution in [0, 0.1) is 11.3 Å². The number of amides is 1. The molecular weight excluding hydrogens is 278 g/mol. The average Bonchev–Trinajstić information content (AvgIpc) is 2.91. The number of rotatable bonds is 6. The maximum atomic E-state index is 12.1. The molecule has 1 aromatic carbocycles. The number of benzene rings is 1. The summed E-state index contributed by atoms with van der Waals surface area (Å²) < 4.78 is 1.70. The van der Waals surface area contributed by atoms with E-state index in [9.17, 15) is 10.1 Å². The minimum absolute atomic E-state index is 0.328. The van der Waals surface area contributed by atoms with Crippen molar-refractivity contribution < 1.29 is 4.79 Å². The average molecular weight is 297 g/mol. The van der Waals surface area contributed by atoms with Gasteiger partial charge in [-0.1, -0.05) is 43.7 Å². The van der Waals surface area contributed by atoms with Crippen molar-refractivity contribution in [2.24, 2.45) is 7.05 Å². The normalized spacial score (nSPS) is 11.7. The van der Waals surface area contributed by atoms with E-state index < -0.39 is 5.92 Å². The van der Waals surface area contributed by atoms with Crippen LogP contribution in [0.5, 0.6) is 0 Å². The highest BCUT2D eigenvalue weighted by Gasteiger charge is 2.26. The fourth-order valence-electron chi connectivity index (χ4n) is 2.16. The van der Waals surface area contributed by atoms with Crippen molar-refractivity contribution in [3.05, 3.63) is 36.2 Å². The monoisotopic (exact) mass is 297 g/mol. The Hall–Kier alpha value is -2.68. The molecule has 22 heavy (non-hydrogen) atoms. The lowest BCUT2D eigenvalue weighted by Gasteiger charge is -2.10. The standard InChI is InChI=1S/C16H19N5O/c1-3-4-10-18-16(22)13(11-17)15-20-19-14(21(15)2)12-8-6-5-7-9-12/h5-9,13H,3-4,10H2,1-2H3,(H,18,22)/t13-/m1/s1. The van der Waals surface area contributed by atoms with E-state index in [4.69, 9.17) is 0 Å². The third-order valence-corrected chi connectivity index (χ3v) is 3.42. The molecule has 1 N–H and O–H groups in total. The first kappa shape index (κ1) is 15.7. The van der Waals surface area contributed by atoms with Crippen molar-refractivity contribution in [1.29, 1.82) is 5.26 Å². The summed E-state index contributed by atoms with van der Waals surface area (Å²) in [7, 11) is 1.77. The molecule has 0 fully saturated rings. The summed E-state index contributed by atoms with van der Waals surface area (Å²) in [6.07, 6.45) is 1.87. The molecule has 2 rings (SSSR count). The van der Waals surface area contributed by atoms with Crippen LogP contribution in [0.25, 0.3) is 11.4 Å². The van der Waals surface area contributed by atoms with Crippen molar-refractivity contribution in [2.75, 3.05) is 6.54 Å². The van der Waals surface area contributed by atoms with Gasteiger partial charge in [0.25, 0.3) is 0 Å². The van der Waals surface area contributed by atoms with Crippen molar-refractivity contribution in [3.63, 3.8) is 0 Å². The van der Waals surface area contributed by atoms with E-state index in [2.05, 4.69) is 15.5 Å². The van der Waals surface area contributed by atoms with E-state index in [0.717, 1.165) is 18.4 Å². The zero-order valence-electron chi connectivity index (χ0n) is 12.8. The first-order valence-electron chi connectivity index (χ1n) is 7.31. The third kappa shape index (κ3) is 3.31. The van der Waals surface area contributed by atoms with E-state index >= 15 is 0 Å². The molecule has 6 heteroatoms. The number of unbranched alkanes of at least 4 members (excludes halogenated alkanes) is 1. The van der Waals surface area contributed by atoms with Crippen molar-refractivity contribution in [3.8, 4) is 17.5 Å². The van der Waals surface area contributed by atoms with Gasteiger partial charge in [-0.2, -0.15) is 5.26 Å². The maximum absolute atomic E-state index is 12.1. The van der Waals surface area contributed by atoms with Crippen LogP contribution < -0.4 is 5.32 Å². The Morgan fingerprint density at radius 1 is 1.36 bits per heavy atom. The second-order valence-electron chi connectivity index (χ2n) is 5.01. The summed E-state index contributed by atoms with van der Waals surface area (Å²) in [6.45, 7) is 2.61. The zero-order valence-corrected chi connectivity index (χ0v) is 12.8. The smallest absolute Gasteiger partial charge is 0.245 e. The number of nitrogens with one attached hydrogen (secondary N) is 1. The number of nitrogens with zero attached hydrogens (tertiary/aromatic N) is 4. The summed E-state index contributed by atoms with van der Waals surface area (Å²) in [5.74, 6) is -0.287. The predicted octanol–water partition coefficient (Wildman–Crippen LogP) is 2.01. The fourth-order valence-corrected chi connectivity index (χ4v) is 2.16. The quantitative estimate of drug-likeness (QED) is 0.827.